The van der Waals surface area contributed by atoms with Gasteiger partial charge in [0, 0.05) is 16.7 Å². The second-order valence-electron chi connectivity index (χ2n) is 4.12. The van der Waals surface area contributed by atoms with Gasteiger partial charge in [0.05, 0.1) is 16.6 Å². The fourth-order valence-electron chi connectivity index (χ4n) is 1.86. The van der Waals surface area contributed by atoms with Crippen LogP contribution < -0.4 is 11.0 Å². The molecule has 0 spiro atoms. The maximum atomic E-state index is 11.6. The number of H-pyrrole nitrogens is 2. The molecule has 0 radical (unpaired) electrons. The average molecular weight is 261 g/mol. The lowest BCUT2D eigenvalue weighted by Gasteiger charge is -2.21. The molecule has 1 amide bonds. The number of nitrogens with one attached hydrogen (secondary N) is 3. The van der Waals surface area contributed by atoms with Gasteiger partial charge in [0.2, 0.25) is 5.91 Å². The van der Waals surface area contributed by atoms with Gasteiger partial charge >= 0.3 is 5.69 Å². The number of rotatable bonds is 1. The number of carbonyl (C=O) groups is 1. The molecule has 0 saturated heterocycles. The minimum absolute atomic E-state index is 0.00668. The van der Waals surface area contributed by atoms with E-state index < -0.39 is 0 Å². The molecule has 0 saturated carbocycles. The van der Waals surface area contributed by atoms with Crippen LogP contribution >= 0.6 is 11.8 Å². The van der Waals surface area contributed by atoms with Gasteiger partial charge in [-0.3, -0.25) is 4.79 Å². The second-order valence-corrected chi connectivity index (χ2v) is 5.50. The molecule has 2 aromatic rings. The molecule has 18 heavy (non-hydrogen) atoms. The van der Waals surface area contributed by atoms with E-state index in [1.165, 1.54) is 11.8 Å². The summed E-state index contributed by atoms with van der Waals surface area (Å²) in [6, 6.07) is 5.75. The summed E-state index contributed by atoms with van der Waals surface area (Å²) in [6.45, 7) is 1.88. The Labute approximate surface area is 107 Å². The first-order valence-corrected chi connectivity index (χ1v) is 6.41. The van der Waals surface area contributed by atoms with Crippen molar-refractivity contribution in [3.05, 3.63) is 34.9 Å². The van der Waals surface area contributed by atoms with E-state index in [1.807, 2.05) is 25.1 Å². The molecular weight excluding hydrogens is 250 g/mol. The van der Waals surface area contributed by atoms with Gasteiger partial charge in [-0.2, -0.15) is 0 Å². The first-order valence-electron chi connectivity index (χ1n) is 5.53. The third kappa shape index (κ3) is 1.84. The van der Waals surface area contributed by atoms with E-state index in [0.29, 0.717) is 5.69 Å². The minimum Gasteiger partial charge on any atom is -0.324 e. The lowest BCUT2D eigenvalue weighted by Crippen LogP contribution is -2.26. The van der Waals surface area contributed by atoms with Crippen LogP contribution in [-0.4, -0.2) is 21.1 Å². The zero-order valence-electron chi connectivity index (χ0n) is 9.61. The fourth-order valence-corrected chi connectivity index (χ4v) is 2.79. The number of aromatic nitrogens is 2. The third-order valence-corrected chi connectivity index (χ3v) is 3.99. The number of fused-ring (bicyclic) bond motifs is 1. The van der Waals surface area contributed by atoms with Crippen LogP contribution in [0.1, 0.15) is 6.92 Å². The molecule has 2 heterocycles. The number of imidazole rings is 1. The molecule has 1 aliphatic rings. The topological polar surface area (TPSA) is 77.8 Å². The first-order chi connectivity index (χ1) is 8.63. The number of carbonyl (C=O) groups excluding carboxylic acids is 1. The van der Waals surface area contributed by atoms with E-state index in [-0.39, 0.29) is 16.8 Å². The van der Waals surface area contributed by atoms with Crippen LogP contribution in [0.2, 0.25) is 0 Å². The molecule has 1 unspecified atom stereocenters. The van der Waals surface area contributed by atoms with Gasteiger partial charge in [0.1, 0.15) is 0 Å². The van der Waals surface area contributed by atoms with E-state index in [9.17, 15) is 9.59 Å². The van der Waals surface area contributed by atoms with Crippen molar-refractivity contribution in [3.63, 3.8) is 0 Å². The molecule has 1 atom stereocenters. The van der Waals surface area contributed by atoms with Crippen molar-refractivity contribution in [2.75, 3.05) is 5.32 Å². The molecular formula is C12H11N3O2S. The quantitative estimate of drug-likeness (QED) is 0.732. The molecule has 1 aromatic heterocycles. The number of aromatic amines is 2. The maximum Gasteiger partial charge on any atom is 0.323 e. The van der Waals surface area contributed by atoms with Gasteiger partial charge in [0.15, 0.2) is 0 Å². The smallest absolute Gasteiger partial charge is 0.323 e. The van der Waals surface area contributed by atoms with Gasteiger partial charge in [-0.15, -0.1) is 11.8 Å². The van der Waals surface area contributed by atoms with E-state index in [4.69, 9.17) is 0 Å². The summed E-state index contributed by atoms with van der Waals surface area (Å²) in [5.41, 5.74) is 2.13. The van der Waals surface area contributed by atoms with E-state index in [2.05, 4.69) is 15.3 Å². The highest BCUT2D eigenvalue weighted by Gasteiger charge is 2.23. The molecule has 0 fully saturated rings. The van der Waals surface area contributed by atoms with E-state index in [0.717, 1.165) is 16.1 Å². The number of benzene rings is 1. The van der Waals surface area contributed by atoms with Crippen LogP contribution in [0.3, 0.4) is 0 Å². The fraction of sp³-hybridized carbons (Fsp3) is 0.167. The Morgan fingerprint density at radius 1 is 1.28 bits per heavy atom. The molecule has 3 N–H and O–H groups in total. The summed E-state index contributed by atoms with van der Waals surface area (Å²) < 4.78 is 0. The Balaban J connectivity index is 2.04. The number of anilines is 1. The van der Waals surface area contributed by atoms with Crippen molar-refractivity contribution in [1.29, 1.82) is 0 Å². The molecule has 5 nitrogen and oxygen atoms in total. The van der Waals surface area contributed by atoms with Crippen molar-refractivity contribution >= 4 is 23.4 Å². The van der Waals surface area contributed by atoms with Crippen LogP contribution in [0.25, 0.3) is 11.3 Å². The zero-order valence-corrected chi connectivity index (χ0v) is 10.4. The largest absolute Gasteiger partial charge is 0.324 e. The third-order valence-electron chi connectivity index (χ3n) is 2.82. The van der Waals surface area contributed by atoms with Crippen LogP contribution in [-0.2, 0) is 4.79 Å². The summed E-state index contributed by atoms with van der Waals surface area (Å²) >= 11 is 1.54. The predicted octanol–water partition coefficient (Wildman–Crippen LogP) is 1.80. The Kier molecular flexibility index (Phi) is 2.52. The number of hydrogen-bond donors (Lipinski definition) is 3. The number of amides is 1. The summed E-state index contributed by atoms with van der Waals surface area (Å²) in [7, 11) is 0. The molecule has 3 rings (SSSR count). The van der Waals surface area contributed by atoms with Crippen molar-refractivity contribution in [2.24, 2.45) is 0 Å². The summed E-state index contributed by atoms with van der Waals surface area (Å²) in [5, 5.41) is 2.79. The molecule has 6 heteroatoms. The normalized spacial score (nSPS) is 18.3. The monoisotopic (exact) mass is 261 g/mol. The molecule has 0 aliphatic carbocycles. The van der Waals surface area contributed by atoms with Gasteiger partial charge in [0.25, 0.3) is 0 Å². The zero-order chi connectivity index (χ0) is 12.7. The van der Waals surface area contributed by atoms with Gasteiger partial charge in [-0.05, 0) is 19.1 Å². The molecule has 1 aliphatic heterocycles. The SMILES string of the molecule is CC1Sc2ccc(-c3c[nH]c(=O)[nH]3)cc2NC1=O. The molecule has 92 valence electrons. The Hall–Kier alpha value is -1.95. The van der Waals surface area contributed by atoms with Crippen molar-refractivity contribution in [2.45, 2.75) is 17.1 Å². The van der Waals surface area contributed by atoms with E-state index in [1.54, 1.807) is 6.20 Å². The first kappa shape index (κ1) is 11.2. The van der Waals surface area contributed by atoms with Crippen molar-refractivity contribution in [3.8, 4) is 11.3 Å². The highest BCUT2D eigenvalue weighted by Crippen LogP contribution is 2.37. The van der Waals surface area contributed by atoms with Gasteiger partial charge in [-0.1, -0.05) is 6.07 Å². The van der Waals surface area contributed by atoms with Crippen LogP contribution in [0.15, 0.2) is 34.1 Å². The van der Waals surface area contributed by atoms with Gasteiger partial charge in [-0.25, -0.2) is 4.79 Å². The lowest BCUT2D eigenvalue weighted by molar-refractivity contribution is -0.115. The molecule has 0 bridgehead atoms. The highest BCUT2D eigenvalue weighted by atomic mass is 32.2. The Bertz CT molecular complexity index is 674. The average Bonchev–Trinajstić information content (AvgIpc) is 2.77. The Morgan fingerprint density at radius 2 is 2.11 bits per heavy atom. The van der Waals surface area contributed by atoms with Crippen LogP contribution in [0.5, 0.6) is 0 Å². The van der Waals surface area contributed by atoms with Gasteiger partial charge < -0.3 is 15.3 Å². The minimum atomic E-state index is -0.241. The Morgan fingerprint density at radius 3 is 2.83 bits per heavy atom. The second kappa shape index (κ2) is 4.06. The standard InChI is InChI=1S/C12H11N3O2S/c1-6-11(16)14-8-4-7(2-3-10(8)18-6)9-5-13-12(17)15-9/h2-6H,1H3,(H,14,16)(H2,13,15,17). The predicted molar refractivity (Wildman–Crippen MR) is 70.8 cm³/mol. The summed E-state index contributed by atoms with van der Waals surface area (Å²) in [5.74, 6) is 0.00668. The van der Waals surface area contributed by atoms with Crippen LogP contribution in [0, 0.1) is 0 Å². The van der Waals surface area contributed by atoms with Crippen LogP contribution in [0.4, 0.5) is 5.69 Å². The highest BCUT2D eigenvalue weighted by molar-refractivity contribution is 8.00. The van der Waals surface area contributed by atoms with E-state index >= 15 is 0 Å². The van der Waals surface area contributed by atoms with Crippen molar-refractivity contribution < 1.29 is 4.79 Å². The maximum absolute atomic E-state index is 11.6. The summed E-state index contributed by atoms with van der Waals surface area (Å²) in [4.78, 5) is 29.0. The molecule has 1 aromatic carbocycles. The lowest BCUT2D eigenvalue weighted by atomic mass is 10.1. The summed E-state index contributed by atoms with van der Waals surface area (Å²) in [6.07, 6.45) is 1.62. The number of hydrogen-bond acceptors (Lipinski definition) is 3. The number of thioether (sulfide) groups is 1. The van der Waals surface area contributed by atoms with Crippen molar-refractivity contribution in [1.82, 2.24) is 9.97 Å².